The average molecular weight is 298 g/mol. The Balaban J connectivity index is 2.17. The number of amides is 1. The number of carbonyl (C=O) groups is 1. The number of rotatable bonds is 4. The Hall–Kier alpha value is -1.26. The van der Waals surface area contributed by atoms with Gasteiger partial charge in [0.05, 0.1) is 16.4 Å². The first-order valence-electron chi connectivity index (χ1n) is 6.11. The van der Waals surface area contributed by atoms with Gasteiger partial charge in [0.1, 0.15) is 11.5 Å². The molecule has 5 heteroatoms. The fourth-order valence-electron chi connectivity index (χ4n) is 1.97. The Morgan fingerprint density at radius 1 is 1.42 bits per heavy atom. The summed E-state index contributed by atoms with van der Waals surface area (Å²) in [5.74, 6) is 1.43. The maximum absolute atomic E-state index is 12.5. The summed E-state index contributed by atoms with van der Waals surface area (Å²) in [5, 5.41) is 0. The molecule has 19 heavy (non-hydrogen) atoms. The first kappa shape index (κ1) is 14.2. The SMILES string of the molecule is CCN(Cc1ccc(Cl)s1)C(=O)c1cc(C)oc1C. The van der Waals surface area contributed by atoms with Crippen molar-refractivity contribution in [2.45, 2.75) is 27.3 Å². The molecule has 0 saturated carbocycles. The number of hydrogen-bond donors (Lipinski definition) is 0. The molecule has 0 bridgehead atoms. The number of thiophene rings is 1. The largest absolute Gasteiger partial charge is 0.466 e. The van der Waals surface area contributed by atoms with Crippen LogP contribution >= 0.6 is 22.9 Å². The molecular formula is C14H16ClNO2S. The minimum Gasteiger partial charge on any atom is -0.466 e. The molecule has 0 saturated heterocycles. The maximum atomic E-state index is 12.5. The van der Waals surface area contributed by atoms with Crippen LogP contribution in [0.3, 0.4) is 0 Å². The zero-order chi connectivity index (χ0) is 14.0. The van der Waals surface area contributed by atoms with Gasteiger partial charge in [0.15, 0.2) is 0 Å². The molecule has 1 amide bonds. The Bertz CT molecular complexity index is 588. The first-order valence-corrected chi connectivity index (χ1v) is 7.31. The van der Waals surface area contributed by atoms with Crippen LogP contribution < -0.4 is 0 Å². The number of furan rings is 1. The second-order valence-electron chi connectivity index (χ2n) is 4.35. The first-order chi connectivity index (χ1) is 9.01. The fraction of sp³-hybridized carbons (Fsp3) is 0.357. The highest BCUT2D eigenvalue weighted by Gasteiger charge is 2.19. The average Bonchev–Trinajstić information content (AvgIpc) is 2.91. The fourth-order valence-corrected chi connectivity index (χ4v) is 3.07. The molecule has 0 unspecified atom stereocenters. The Labute approximate surface area is 121 Å². The molecule has 0 N–H and O–H groups in total. The van der Waals surface area contributed by atoms with Gasteiger partial charge in [0.2, 0.25) is 0 Å². The summed E-state index contributed by atoms with van der Waals surface area (Å²) >= 11 is 7.41. The van der Waals surface area contributed by atoms with Crippen molar-refractivity contribution in [1.82, 2.24) is 4.90 Å². The highest BCUT2D eigenvalue weighted by atomic mass is 35.5. The monoisotopic (exact) mass is 297 g/mol. The third-order valence-electron chi connectivity index (χ3n) is 2.92. The number of nitrogens with zero attached hydrogens (tertiary/aromatic N) is 1. The molecule has 0 atom stereocenters. The van der Waals surface area contributed by atoms with Crippen molar-refractivity contribution < 1.29 is 9.21 Å². The number of hydrogen-bond acceptors (Lipinski definition) is 3. The normalized spacial score (nSPS) is 10.7. The predicted molar refractivity (Wildman–Crippen MR) is 77.9 cm³/mol. The van der Waals surface area contributed by atoms with E-state index in [4.69, 9.17) is 16.0 Å². The van der Waals surface area contributed by atoms with Crippen molar-refractivity contribution in [3.05, 3.63) is 44.5 Å². The van der Waals surface area contributed by atoms with Crippen LogP contribution in [0.2, 0.25) is 4.34 Å². The molecule has 3 nitrogen and oxygen atoms in total. The van der Waals surface area contributed by atoms with E-state index in [-0.39, 0.29) is 5.91 Å². The lowest BCUT2D eigenvalue weighted by molar-refractivity contribution is 0.0752. The third-order valence-corrected chi connectivity index (χ3v) is 4.13. The molecular weight excluding hydrogens is 282 g/mol. The summed E-state index contributed by atoms with van der Waals surface area (Å²) < 4.78 is 6.16. The summed E-state index contributed by atoms with van der Waals surface area (Å²) in [4.78, 5) is 15.3. The quantitative estimate of drug-likeness (QED) is 0.844. The van der Waals surface area contributed by atoms with Crippen LogP contribution in [0, 0.1) is 13.8 Å². The zero-order valence-electron chi connectivity index (χ0n) is 11.2. The van der Waals surface area contributed by atoms with Crippen LogP contribution in [-0.2, 0) is 6.54 Å². The summed E-state index contributed by atoms with van der Waals surface area (Å²) in [6.45, 7) is 6.86. The van der Waals surface area contributed by atoms with Crippen molar-refractivity contribution in [2.24, 2.45) is 0 Å². The van der Waals surface area contributed by atoms with Gasteiger partial charge in [-0.25, -0.2) is 0 Å². The van der Waals surface area contributed by atoms with E-state index in [1.54, 1.807) is 11.0 Å². The van der Waals surface area contributed by atoms with Crippen molar-refractivity contribution in [3.63, 3.8) is 0 Å². The Morgan fingerprint density at radius 2 is 2.16 bits per heavy atom. The van der Waals surface area contributed by atoms with Gasteiger partial charge in [-0.05, 0) is 39.0 Å². The van der Waals surface area contributed by atoms with Crippen LogP contribution in [0.15, 0.2) is 22.6 Å². The number of halogens is 1. The Kier molecular flexibility index (Phi) is 4.32. The smallest absolute Gasteiger partial charge is 0.257 e. The lowest BCUT2D eigenvalue weighted by atomic mass is 10.2. The molecule has 102 valence electrons. The van der Waals surface area contributed by atoms with Crippen LogP contribution in [0.1, 0.15) is 33.7 Å². The minimum absolute atomic E-state index is 0.00127. The van der Waals surface area contributed by atoms with Crippen LogP contribution in [0.5, 0.6) is 0 Å². The third kappa shape index (κ3) is 3.19. The molecule has 0 spiro atoms. The molecule has 0 aromatic carbocycles. The van der Waals surface area contributed by atoms with Gasteiger partial charge in [-0.2, -0.15) is 0 Å². The number of aryl methyl sites for hydroxylation is 2. The summed E-state index contributed by atoms with van der Waals surface area (Å²) in [6.07, 6.45) is 0. The van der Waals surface area contributed by atoms with Gasteiger partial charge < -0.3 is 9.32 Å². The molecule has 2 aromatic heterocycles. The second-order valence-corrected chi connectivity index (χ2v) is 6.15. The predicted octanol–water partition coefficient (Wildman–Crippen LogP) is 4.27. The van der Waals surface area contributed by atoms with Gasteiger partial charge in [-0.3, -0.25) is 4.79 Å². The van der Waals surface area contributed by atoms with Gasteiger partial charge in [0, 0.05) is 11.4 Å². The minimum atomic E-state index is 0.00127. The van der Waals surface area contributed by atoms with E-state index in [2.05, 4.69) is 0 Å². The molecule has 0 radical (unpaired) electrons. The molecule has 0 aliphatic carbocycles. The van der Waals surface area contributed by atoms with Gasteiger partial charge in [-0.1, -0.05) is 11.6 Å². The van der Waals surface area contributed by atoms with E-state index < -0.39 is 0 Å². The highest BCUT2D eigenvalue weighted by Crippen LogP contribution is 2.24. The van der Waals surface area contributed by atoms with E-state index in [0.29, 0.717) is 24.4 Å². The molecule has 0 fully saturated rings. The lowest BCUT2D eigenvalue weighted by Crippen LogP contribution is -2.30. The van der Waals surface area contributed by atoms with Gasteiger partial charge in [0.25, 0.3) is 5.91 Å². The van der Waals surface area contributed by atoms with Crippen LogP contribution in [-0.4, -0.2) is 17.4 Å². The van der Waals surface area contributed by atoms with Crippen LogP contribution in [0.25, 0.3) is 0 Å². The zero-order valence-corrected chi connectivity index (χ0v) is 12.8. The van der Waals surface area contributed by atoms with Crippen molar-refractivity contribution in [3.8, 4) is 0 Å². The topological polar surface area (TPSA) is 33.5 Å². The van der Waals surface area contributed by atoms with E-state index in [9.17, 15) is 4.79 Å². The van der Waals surface area contributed by atoms with E-state index in [0.717, 1.165) is 15.0 Å². The molecule has 2 aromatic rings. The summed E-state index contributed by atoms with van der Waals surface area (Å²) in [6, 6.07) is 5.60. The van der Waals surface area contributed by atoms with Crippen molar-refractivity contribution in [2.75, 3.05) is 6.54 Å². The molecule has 0 aliphatic heterocycles. The van der Waals surface area contributed by atoms with E-state index in [1.807, 2.05) is 32.9 Å². The second kappa shape index (κ2) is 5.80. The van der Waals surface area contributed by atoms with Crippen LogP contribution in [0.4, 0.5) is 0 Å². The van der Waals surface area contributed by atoms with E-state index >= 15 is 0 Å². The molecule has 2 heterocycles. The maximum Gasteiger partial charge on any atom is 0.257 e. The molecule has 2 rings (SSSR count). The standard InChI is InChI=1S/C14H16ClNO2S/c1-4-16(8-11-5-6-13(15)19-11)14(17)12-7-9(2)18-10(12)3/h5-7H,4,8H2,1-3H3. The van der Waals surface area contributed by atoms with Crippen molar-refractivity contribution in [1.29, 1.82) is 0 Å². The summed E-state index contributed by atoms with van der Waals surface area (Å²) in [5.41, 5.74) is 0.641. The highest BCUT2D eigenvalue weighted by molar-refractivity contribution is 7.16. The lowest BCUT2D eigenvalue weighted by Gasteiger charge is -2.19. The van der Waals surface area contributed by atoms with E-state index in [1.165, 1.54) is 11.3 Å². The summed E-state index contributed by atoms with van der Waals surface area (Å²) in [7, 11) is 0. The number of carbonyl (C=O) groups excluding carboxylic acids is 1. The molecule has 0 aliphatic rings. The van der Waals surface area contributed by atoms with Crippen molar-refractivity contribution >= 4 is 28.8 Å². The Morgan fingerprint density at radius 3 is 2.63 bits per heavy atom. The van der Waals surface area contributed by atoms with Gasteiger partial charge >= 0.3 is 0 Å². The van der Waals surface area contributed by atoms with Gasteiger partial charge in [-0.15, -0.1) is 11.3 Å².